The average molecular weight is 268 g/mol. The fourth-order valence-corrected chi connectivity index (χ4v) is 2.02. The Morgan fingerprint density at radius 2 is 2.05 bits per heavy atom. The molecule has 0 fully saturated rings. The van der Waals surface area contributed by atoms with Crippen molar-refractivity contribution in [1.29, 1.82) is 5.26 Å². The largest absolute Gasteiger partial charge is 0.310 e. The molecule has 0 amide bonds. The van der Waals surface area contributed by atoms with E-state index in [1.54, 1.807) is 0 Å². The molecule has 0 saturated heterocycles. The van der Waals surface area contributed by atoms with Gasteiger partial charge in [0.15, 0.2) is 0 Å². The third-order valence-electron chi connectivity index (χ3n) is 3.04. The minimum absolute atomic E-state index is 0.432. The highest BCUT2D eigenvalue weighted by molar-refractivity contribution is 5.62. The number of rotatable bonds is 6. The molecule has 1 aromatic heterocycles. The molecule has 0 aliphatic carbocycles. The van der Waals surface area contributed by atoms with Crippen LogP contribution >= 0.6 is 0 Å². The fraction of sp³-hybridized carbons (Fsp3) is 0.375. The van der Waals surface area contributed by atoms with Crippen LogP contribution in [0.25, 0.3) is 11.3 Å². The molecule has 2 rings (SSSR count). The lowest BCUT2D eigenvalue weighted by atomic mass is 10.1. The predicted octanol–water partition coefficient (Wildman–Crippen LogP) is 2.96. The average Bonchev–Trinajstić information content (AvgIpc) is 2.87. The van der Waals surface area contributed by atoms with Gasteiger partial charge in [0.2, 0.25) is 0 Å². The van der Waals surface area contributed by atoms with Crippen molar-refractivity contribution in [2.24, 2.45) is 0 Å². The van der Waals surface area contributed by atoms with E-state index in [0.29, 0.717) is 19.0 Å². The summed E-state index contributed by atoms with van der Waals surface area (Å²) in [6.45, 7) is 5.68. The van der Waals surface area contributed by atoms with E-state index in [2.05, 4.69) is 42.5 Å². The van der Waals surface area contributed by atoms with Crippen LogP contribution in [-0.4, -0.2) is 15.8 Å². The Bertz CT molecular complexity index is 578. The van der Waals surface area contributed by atoms with Gasteiger partial charge in [-0.2, -0.15) is 10.4 Å². The lowest BCUT2D eigenvalue weighted by Crippen LogP contribution is -2.21. The first-order valence-corrected chi connectivity index (χ1v) is 6.93. The second-order valence-electron chi connectivity index (χ2n) is 5.08. The third kappa shape index (κ3) is 3.69. The van der Waals surface area contributed by atoms with Crippen LogP contribution in [0.2, 0.25) is 0 Å². The SMILES string of the molecule is CC(C)NCc1cn(CCC#N)nc1-c1ccccc1. The molecular weight excluding hydrogens is 248 g/mol. The van der Waals surface area contributed by atoms with Gasteiger partial charge >= 0.3 is 0 Å². The number of aromatic nitrogens is 2. The monoisotopic (exact) mass is 268 g/mol. The van der Waals surface area contributed by atoms with Gasteiger partial charge in [-0.15, -0.1) is 0 Å². The normalized spacial score (nSPS) is 10.7. The molecule has 0 saturated carbocycles. The van der Waals surface area contributed by atoms with E-state index in [0.717, 1.165) is 17.8 Å². The van der Waals surface area contributed by atoms with E-state index in [1.807, 2.05) is 29.1 Å². The topological polar surface area (TPSA) is 53.6 Å². The molecule has 0 spiro atoms. The Balaban J connectivity index is 2.27. The zero-order valence-corrected chi connectivity index (χ0v) is 12.0. The first-order valence-electron chi connectivity index (χ1n) is 6.93. The first kappa shape index (κ1) is 14.3. The second-order valence-corrected chi connectivity index (χ2v) is 5.08. The lowest BCUT2D eigenvalue weighted by Gasteiger charge is -2.07. The van der Waals surface area contributed by atoms with Crippen LogP contribution in [0.4, 0.5) is 0 Å². The number of hydrogen-bond donors (Lipinski definition) is 1. The van der Waals surface area contributed by atoms with Gasteiger partial charge in [-0.3, -0.25) is 4.68 Å². The van der Waals surface area contributed by atoms with Crippen molar-refractivity contribution in [2.75, 3.05) is 0 Å². The third-order valence-corrected chi connectivity index (χ3v) is 3.04. The van der Waals surface area contributed by atoms with Crippen molar-refractivity contribution in [1.82, 2.24) is 15.1 Å². The van der Waals surface area contributed by atoms with Gasteiger partial charge in [-0.05, 0) is 0 Å². The molecule has 0 atom stereocenters. The van der Waals surface area contributed by atoms with Gasteiger partial charge < -0.3 is 5.32 Å². The molecule has 0 aliphatic rings. The van der Waals surface area contributed by atoms with Crippen molar-refractivity contribution in [2.45, 2.75) is 39.4 Å². The maximum absolute atomic E-state index is 8.69. The van der Waals surface area contributed by atoms with E-state index < -0.39 is 0 Å². The quantitative estimate of drug-likeness (QED) is 0.876. The molecule has 20 heavy (non-hydrogen) atoms. The fourth-order valence-electron chi connectivity index (χ4n) is 2.02. The number of hydrogen-bond acceptors (Lipinski definition) is 3. The Kier molecular flexibility index (Phi) is 4.91. The minimum atomic E-state index is 0.432. The molecule has 104 valence electrons. The summed E-state index contributed by atoms with van der Waals surface area (Å²) in [6, 6.07) is 12.8. The zero-order chi connectivity index (χ0) is 14.4. The lowest BCUT2D eigenvalue weighted by molar-refractivity contribution is 0.587. The van der Waals surface area contributed by atoms with E-state index in [4.69, 9.17) is 5.26 Å². The Morgan fingerprint density at radius 1 is 1.30 bits per heavy atom. The van der Waals surface area contributed by atoms with Crippen LogP contribution in [0.3, 0.4) is 0 Å². The van der Waals surface area contributed by atoms with Gasteiger partial charge in [-0.1, -0.05) is 44.2 Å². The molecular formula is C16H20N4. The molecule has 0 aliphatic heterocycles. The molecule has 2 aromatic rings. The number of nitrogens with one attached hydrogen (secondary N) is 1. The van der Waals surface area contributed by atoms with Crippen LogP contribution in [0.1, 0.15) is 25.8 Å². The summed E-state index contributed by atoms with van der Waals surface area (Å²) < 4.78 is 1.86. The molecule has 4 nitrogen and oxygen atoms in total. The van der Waals surface area contributed by atoms with Gasteiger partial charge in [0, 0.05) is 29.9 Å². The molecule has 1 heterocycles. The summed E-state index contributed by atoms with van der Waals surface area (Å²) in [5, 5.41) is 16.7. The first-order chi connectivity index (χ1) is 9.70. The summed E-state index contributed by atoms with van der Waals surface area (Å²) in [4.78, 5) is 0. The highest BCUT2D eigenvalue weighted by Gasteiger charge is 2.11. The smallest absolute Gasteiger partial charge is 0.0968 e. The van der Waals surface area contributed by atoms with E-state index >= 15 is 0 Å². The number of aryl methyl sites for hydroxylation is 1. The van der Waals surface area contributed by atoms with Gasteiger partial charge in [0.25, 0.3) is 0 Å². The molecule has 1 N–H and O–H groups in total. The zero-order valence-electron chi connectivity index (χ0n) is 12.0. The maximum atomic E-state index is 8.69. The van der Waals surface area contributed by atoms with Crippen molar-refractivity contribution in [3.63, 3.8) is 0 Å². The minimum Gasteiger partial charge on any atom is -0.310 e. The highest BCUT2D eigenvalue weighted by atomic mass is 15.3. The van der Waals surface area contributed by atoms with Crippen molar-refractivity contribution in [3.05, 3.63) is 42.1 Å². The molecule has 1 aromatic carbocycles. The summed E-state index contributed by atoms with van der Waals surface area (Å²) in [5.74, 6) is 0. The van der Waals surface area contributed by atoms with E-state index in [9.17, 15) is 0 Å². The van der Waals surface area contributed by atoms with Crippen LogP contribution in [0, 0.1) is 11.3 Å². The van der Waals surface area contributed by atoms with Crippen molar-refractivity contribution >= 4 is 0 Å². The van der Waals surface area contributed by atoms with Gasteiger partial charge in [0.05, 0.1) is 24.7 Å². The van der Waals surface area contributed by atoms with E-state index in [-0.39, 0.29) is 0 Å². The van der Waals surface area contributed by atoms with Crippen molar-refractivity contribution in [3.8, 4) is 17.3 Å². The summed E-state index contributed by atoms with van der Waals surface area (Å²) in [6.07, 6.45) is 2.52. The van der Waals surface area contributed by atoms with E-state index in [1.165, 1.54) is 5.56 Å². The maximum Gasteiger partial charge on any atom is 0.0968 e. The Hall–Kier alpha value is -2.12. The molecule has 0 unspecified atom stereocenters. The Labute approximate surface area is 120 Å². The van der Waals surface area contributed by atoms with Gasteiger partial charge in [0.1, 0.15) is 0 Å². The molecule has 4 heteroatoms. The van der Waals surface area contributed by atoms with Crippen molar-refractivity contribution < 1.29 is 0 Å². The van der Waals surface area contributed by atoms with Crippen LogP contribution in [0.15, 0.2) is 36.5 Å². The van der Waals surface area contributed by atoms with Gasteiger partial charge in [-0.25, -0.2) is 0 Å². The summed E-state index contributed by atoms with van der Waals surface area (Å²) >= 11 is 0. The second kappa shape index (κ2) is 6.88. The standard InChI is InChI=1S/C16H20N4/c1-13(2)18-11-15-12-20(10-6-9-17)19-16(15)14-7-4-3-5-8-14/h3-5,7-8,12-13,18H,6,10-11H2,1-2H3. The summed E-state index contributed by atoms with van der Waals surface area (Å²) in [5.41, 5.74) is 3.28. The highest BCUT2D eigenvalue weighted by Crippen LogP contribution is 2.22. The number of nitriles is 1. The van der Waals surface area contributed by atoms with Crippen LogP contribution < -0.4 is 5.32 Å². The summed E-state index contributed by atoms with van der Waals surface area (Å²) in [7, 11) is 0. The Morgan fingerprint density at radius 3 is 2.70 bits per heavy atom. The number of nitrogens with zero attached hydrogens (tertiary/aromatic N) is 3. The number of benzene rings is 1. The molecule has 0 radical (unpaired) electrons. The van der Waals surface area contributed by atoms with Crippen LogP contribution in [0.5, 0.6) is 0 Å². The predicted molar refractivity (Wildman–Crippen MR) is 79.9 cm³/mol. The van der Waals surface area contributed by atoms with Crippen LogP contribution in [-0.2, 0) is 13.1 Å². The molecule has 0 bridgehead atoms.